The van der Waals surface area contributed by atoms with Gasteiger partial charge in [-0.3, -0.25) is 14.4 Å². The molecule has 0 saturated heterocycles. The molecule has 1 saturated carbocycles. The minimum absolute atomic E-state index is 0.0781. The van der Waals surface area contributed by atoms with Crippen molar-refractivity contribution in [2.45, 2.75) is 38.6 Å². The van der Waals surface area contributed by atoms with Crippen molar-refractivity contribution in [2.75, 3.05) is 5.32 Å². The summed E-state index contributed by atoms with van der Waals surface area (Å²) >= 11 is 0. The highest BCUT2D eigenvalue weighted by atomic mass is 16.4. The van der Waals surface area contributed by atoms with E-state index in [-0.39, 0.29) is 12.3 Å². The highest BCUT2D eigenvalue weighted by Gasteiger charge is 2.46. The molecule has 1 aliphatic carbocycles. The van der Waals surface area contributed by atoms with E-state index in [1.165, 1.54) is 0 Å². The number of carbonyl (C=O) groups excluding carboxylic acids is 2. The van der Waals surface area contributed by atoms with Crippen LogP contribution in [0.1, 0.15) is 32.6 Å². The van der Waals surface area contributed by atoms with E-state index < -0.39 is 23.3 Å². The Kier molecular flexibility index (Phi) is 4.80. The van der Waals surface area contributed by atoms with Gasteiger partial charge in [-0.25, -0.2) is 0 Å². The molecule has 1 aromatic carbocycles. The van der Waals surface area contributed by atoms with Crippen LogP contribution in [0.3, 0.4) is 0 Å². The molecule has 1 unspecified atom stereocenters. The molecule has 1 aliphatic rings. The Hall–Kier alpha value is -2.37. The number of aliphatic carboxylic acids is 1. The van der Waals surface area contributed by atoms with Gasteiger partial charge < -0.3 is 15.7 Å². The molecule has 3 N–H and O–H groups in total. The molecule has 118 valence electrons. The zero-order valence-corrected chi connectivity index (χ0v) is 12.5. The lowest BCUT2D eigenvalue weighted by molar-refractivity contribution is -0.157. The Morgan fingerprint density at radius 2 is 1.86 bits per heavy atom. The quantitative estimate of drug-likeness (QED) is 0.746. The molecule has 22 heavy (non-hydrogen) atoms. The summed E-state index contributed by atoms with van der Waals surface area (Å²) in [5.74, 6) is -1.68. The highest BCUT2D eigenvalue weighted by molar-refractivity contribution is 5.97. The van der Waals surface area contributed by atoms with E-state index in [4.69, 9.17) is 0 Å². The standard InChI is InChI=1S/C16H20N2O4/c1-11(14(20)18-12-6-3-2-4-7-12)17-13(19)10-16(15(21)22)8-5-9-16/h2-4,6-7,11H,5,8-10H2,1H3,(H,17,19)(H,18,20)(H,21,22). The number of carbonyl (C=O) groups is 3. The Morgan fingerprint density at radius 3 is 2.36 bits per heavy atom. The third kappa shape index (κ3) is 3.63. The van der Waals surface area contributed by atoms with Crippen LogP contribution >= 0.6 is 0 Å². The second kappa shape index (κ2) is 6.60. The lowest BCUT2D eigenvalue weighted by Crippen LogP contribution is -2.47. The van der Waals surface area contributed by atoms with Crippen LogP contribution in [-0.2, 0) is 14.4 Å². The van der Waals surface area contributed by atoms with Gasteiger partial charge in [-0.15, -0.1) is 0 Å². The van der Waals surface area contributed by atoms with Crippen molar-refractivity contribution in [1.29, 1.82) is 0 Å². The zero-order valence-electron chi connectivity index (χ0n) is 12.5. The van der Waals surface area contributed by atoms with Crippen LogP contribution in [-0.4, -0.2) is 28.9 Å². The first-order valence-electron chi connectivity index (χ1n) is 7.32. The van der Waals surface area contributed by atoms with E-state index in [1.807, 2.05) is 6.07 Å². The molecule has 6 nitrogen and oxygen atoms in total. The molecule has 0 aliphatic heterocycles. The minimum atomic E-state index is -0.945. The van der Waals surface area contributed by atoms with Crippen LogP contribution in [0.5, 0.6) is 0 Å². The van der Waals surface area contributed by atoms with Crippen molar-refractivity contribution in [1.82, 2.24) is 5.32 Å². The lowest BCUT2D eigenvalue weighted by atomic mass is 9.66. The fraction of sp³-hybridized carbons (Fsp3) is 0.438. The third-order valence-corrected chi connectivity index (χ3v) is 4.08. The summed E-state index contributed by atoms with van der Waals surface area (Å²) in [5, 5.41) is 14.5. The Bertz CT molecular complexity index is 567. The van der Waals surface area contributed by atoms with Crippen molar-refractivity contribution in [3.05, 3.63) is 30.3 Å². The number of amides is 2. The average Bonchev–Trinajstić information content (AvgIpc) is 2.43. The molecule has 1 atom stereocenters. The second-order valence-corrected chi connectivity index (χ2v) is 5.76. The van der Waals surface area contributed by atoms with Crippen molar-refractivity contribution < 1.29 is 19.5 Å². The maximum Gasteiger partial charge on any atom is 0.310 e. The first-order chi connectivity index (χ1) is 10.4. The molecule has 1 fully saturated rings. The van der Waals surface area contributed by atoms with Gasteiger partial charge in [0.25, 0.3) is 0 Å². The van der Waals surface area contributed by atoms with Crippen LogP contribution in [0, 0.1) is 5.41 Å². The number of carboxylic acid groups (broad SMARTS) is 1. The van der Waals surface area contributed by atoms with Crippen molar-refractivity contribution in [2.24, 2.45) is 5.41 Å². The smallest absolute Gasteiger partial charge is 0.310 e. The topological polar surface area (TPSA) is 95.5 Å². The van der Waals surface area contributed by atoms with Crippen LogP contribution in [0.25, 0.3) is 0 Å². The summed E-state index contributed by atoms with van der Waals surface area (Å²) in [6.45, 7) is 1.57. The van der Waals surface area contributed by atoms with Crippen LogP contribution in [0.2, 0.25) is 0 Å². The number of carboxylic acids is 1. The lowest BCUT2D eigenvalue weighted by Gasteiger charge is -2.37. The largest absolute Gasteiger partial charge is 0.481 e. The molecule has 0 heterocycles. The molecule has 0 spiro atoms. The molecule has 2 amide bonds. The molecule has 0 radical (unpaired) electrons. The van der Waals surface area contributed by atoms with Gasteiger partial charge in [0, 0.05) is 12.1 Å². The normalized spacial score (nSPS) is 17.0. The Labute approximate surface area is 128 Å². The van der Waals surface area contributed by atoms with Crippen LogP contribution in [0.15, 0.2) is 30.3 Å². The van der Waals surface area contributed by atoms with Gasteiger partial charge in [0.1, 0.15) is 6.04 Å². The summed E-state index contributed by atoms with van der Waals surface area (Å²) in [6, 6.07) is 8.21. The number of rotatable bonds is 6. The fourth-order valence-corrected chi connectivity index (χ4v) is 2.51. The number of nitrogens with one attached hydrogen (secondary N) is 2. The van der Waals surface area contributed by atoms with Crippen LogP contribution in [0.4, 0.5) is 5.69 Å². The number of anilines is 1. The predicted molar refractivity (Wildman–Crippen MR) is 81.2 cm³/mol. The maximum atomic E-state index is 12.0. The predicted octanol–water partition coefficient (Wildman–Crippen LogP) is 1.77. The van der Waals surface area contributed by atoms with E-state index in [0.717, 1.165) is 6.42 Å². The van der Waals surface area contributed by atoms with Crippen molar-refractivity contribution >= 4 is 23.5 Å². The molecular weight excluding hydrogens is 284 g/mol. The number of benzene rings is 1. The van der Waals surface area contributed by atoms with E-state index in [2.05, 4.69) is 10.6 Å². The van der Waals surface area contributed by atoms with Gasteiger partial charge >= 0.3 is 5.97 Å². The van der Waals surface area contributed by atoms with Gasteiger partial charge in [0.2, 0.25) is 11.8 Å². The summed E-state index contributed by atoms with van der Waals surface area (Å²) in [4.78, 5) is 35.2. The van der Waals surface area contributed by atoms with E-state index in [9.17, 15) is 19.5 Å². The SMILES string of the molecule is CC(NC(=O)CC1(C(=O)O)CCC1)C(=O)Nc1ccccc1. The summed E-state index contributed by atoms with van der Waals surface area (Å²) in [7, 11) is 0. The fourth-order valence-electron chi connectivity index (χ4n) is 2.51. The molecule has 1 aromatic rings. The Morgan fingerprint density at radius 1 is 1.23 bits per heavy atom. The average molecular weight is 304 g/mol. The number of para-hydroxylation sites is 1. The summed E-state index contributed by atoms with van der Waals surface area (Å²) in [6.07, 6.45) is 1.77. The molecule has 6 heteroatoms. The first kappa shape index (κ1) is 16.0. The third-order valence-electron chi connectivity index (χ3n) is 4.08. The maximum absolute atomic E-state index is 12.0. The van der Waals surface area contributed by atoms with Gasteiger partial charge in [-0.1, -0.05) is 24.6 Å². The number of hydrogen-bond acceptors (Lipinski definition) is 3. The van der Waals surface area contributed by atoms with E-state index in [1.54, 1.807) is 31.2 Å². The zero-order chi connectivity index (χ0) is 16.2. The van der Waals surface area contributed by atoms with Crippen molar-refractivity contribution in [3.63, 3.8) is 0 Å². The van der Waals surface area contributed by atoms with E-state index in [0.29, 0.717) is 18.5 Å². The van der Waals surface area contributed by atoms with E-state index >= 15 is 0 Å². The molecular formula is C16H20N2O4. The highest BCUT2D eigenvalue weighted by Crippen LogP contribution is 2.44. The first-order valence-corrected chi connectivity index (χ1v) is 7.32. The molecule has 2 rings (SSSR count). The van der Waals surface area contributed by atoms with Gasteiger partial charge in [0.05, 0.1) is 5.41 Å². The molecule has 0 aromatic heterocycles. The van der Waals surface area contributed by atoms with Crippen LogP contribution < -0.4 is 10.6 Å². The van der Waals surface area contributed by atoms with Gasteiger partial charge in [-0.05, 0) is 31.9 Å². The monoisotopic (exact) mass is 304 g/mol. The summed E-state index contributed by atoms with van der Waals surface area (Å²) < 4.78 is 0. The minimum Gasteiger partial charge on any atom is -0.481 e. The summed E-state index contributed by atoms with van der Waals surface area (Å²) in [5.41, 5.74) is -0.297. The number of hydrogen-bond donors (Lipinski definition) is 3. The Balaban J connectivity index is 1.85. The van der Waals surface area contributed by atoms with Gasteiger partial charge in [0.15, 0.2) is 0 Å². The van der Waals surface area contributed by atoms with Crippen molar-refractivity contribution in [3.8, 4) is 0 Å². The van der Waals surface area contributed by atoms with Gasteiger partial charge in [-0.2, -0.15) is 0 Å². The second-order valence-electron chi connectivity index (χ2n) is 5.76. The molecule has 0 bridgehead atoms.